The molecule has 0 aliphatic carbocycles. The number of amides is 2. The molecule has 1 aromatic rings. The fourth-order valence-corrected chi connectivity index (χ4v) is 5.86. The van der Waals surface area contributed by atoms with Crippen LogP contribution in [0.2, 0.25) is 0 Å². The van der Waals surface area contributed by atoms with E-state index in [4.69, 9.17) is 0 Å². The molecule has 3 rings (SSSR count). The lowest BCUT2D eigenvalue weighted by atomic mass is 10.0. The first-order valence-electron chi connectivity index (χ1n) is 10.1. The van der Waals surface area contributed by atoms with Gasteiger partial charge >= 0.3 is 0 Å². The zero-order valence-corrected chi connectivity index (χ0v) is 18.8. The lowest BCUT2D eigenvalue weighted by molar-refractivity contribution is -0.123. The van der Waals surface area contributed by atoms with Gasteiger partial charge in [0.05, 0.1) is 16.3 Å². The van der Waals surface area contributed by atoms with E-state index in [2.05, 4.69) is 12.2 Å². The average Bonchev–Trinajstić information content (AvgIpc) is 2.70. The molecule has 2 aliphatic rings. The van der Waals surface area contributed by atoms with Gasteiger partial charge in [-0.3, -0.25) is 9.59 Å². The maximum Gasteiger partial charge on any atom is 0.243 e. The number of fused-ring (bicyclic) bond motifs is 1. The number of rotatable bonds is 6. The number of thioether (sulfide) groups is 1. The molecule has 0 spiro atoms. The molecule has 2 heterocycles. The van der Waals surface area contributed by atoms with Crippen molar-refractivity contribution in [3.05, 3.63) is 18.2 Å². The van der Waals surface area contributed by atoms with E-state index in [1.54, 1.807) is 18.2 Å². The van der Waals surface area contributed by atoms with Crippen molar-refractivity contribution in [2.24, 2.45) is 5.92 Å². The third-order valence-corrected chi connectivity index (χ3v) is 8.52. The molecular weight excluding hydrogens is 410 g/mol. The number of nitrogens with zero attached hydrogens (tertiary/aromatic N) is 2. The summed E-state index contributed by atoms with van der Waals surface area (Å²) in [5.74, 6) is 0.324. The van der Waals surface area contributed by atoms with Gasteiger partial charge in [0.1, 0.15) is 6.54 Å². The van der Waals surface area contributed by atoms with E-state index in [0.29, 0.717) is 24.7 Å². The Balaban J connectivity index is 1.86. The van der Waals surface area contributed by atoms with Crippen molar-refractivity contribution >= 4 is 39.3 Å². The van der Waals surface area contributed by atoms with Crippen LogP contribution in [-0.4, -0.2) is 56.0 Å². The molecule has 1 N–H and O–H groups in total. The van der Waals surface area contributed by atoms with E-state index >= 15 is 0 Å². The number of hydrogen-bond donors (Lipinski definition) is 1. The number of piperidine rings is 1. The summed E-state index contributed by atoms with van der Waals surface area (Å²) in [6.07, 6.45) is 2.49. The standard InChI is InChI=1S/C20H29N3O4S2/c1-4-15(3)21-19(24)12-23-17-11-16(5-6-18(17)28-13-20(23)25)29(26,27)22-9-7-14(2)8-10-22/h5-6,11,14-15H,4,7-10,12-13H2,1-3H3,(H,21,24). The predicted octanol–water partition coefficient (Wildman–Crippen LogP) is 2.46. The minimum Gasteiger partial charge on any atom is -0.352 e. The highest BCUT2D eigenvalue weighted by Crippen LogP contribution is 2.37. The van der Waals surface area contributed by atoms with Crippen LogP contribution in [0.15, 0.2) is 28.0 Å². The Hall–Kier alpha value is -1.58. The number of carbonyl (C=O) groups excluding carboxylic acids is 2. The van der Waals surface area contributed by atoms with Crippen LogP contribution in [0.4, 0.5) is 5.69 Å². The van der Waals surface area contributed by atoms with Crippen molar-refractivity contribution in [1.29, 1.82) is 0 Å². The van der Waals surface area contributed by atoms with Crippen molar-refractivity contribution in [1.82, 2.24) is 9.62 Å². The lowest BCUT2D eigenvalue weighted by Gasteiger charge is -2.31. The molecule has 1 unspecified atom stereocenters. The third-order valence-electron chi connectivity index (χ3n) is 5.58. The van der Waals surface area contributed by atoms with Gasteiger partial charge in [-0.2, -0.15) is 4.31 Å². The first kappa shape index (κ1) is 22.1. The summed E-state index contributed by atoms with van der Waals surface area (Å²) in [5.41, 5.74) is 0.497. The van der Waals surface area contributed by atoms with Gasteiger partial charge < -0.3 is 10.2 Å². The molecular formula is C20H29N3O4S2. The van der Waals surface area contributed by atoms with Crippen LogP contribution in [-0.2, 0) is 19.6 Å². The Morgan fingerprint density at radius 1 is 1.31 bits per heavy atom. The van der Waals surface area contributed by atoms with Crippen LogP contribution in [0.1, 0.15) is 40.0 Å². The van der Waals surface area contributed by atoms with E-state index in [-0.39, 0.29) is 35.0 Å². The van der Waals surface area contributed by atoms with Gasteiger partial charge in [-0.1, -0.05) is 13.8 Å². The van der Waals surface area contributed by atoms with Gasteiger partial charge in [-0.05, 0) is 50.3 Å². The Bertz CT molecular complexity index is 880. The molecule has 2 amide bonds. The van der Waals surface area contributed by atoms with Crippen molar-refractivity contribution in [3.8, 4) is 0 Å². The molecule has 2 aliphatic heterocycles. The number of nitrogens with one attached hydrogen (secondary N) is 1. The summed E-state index contributed by atoms with van der Waals surface area (Å²) in [4.78, 5) is 27.3. The molecule has 0 aromatic heterocycles. The van der Waals surface area contributed by atoms with E-state index in [1.165, 1.54) is 21.0 Å². The second-order valence-corrected chi connectivity index (χ2v) is 10.8. The Kier molecular flexibility index (Phi) is 6.90. The smallest absolute Gasteiger partial charge is 0.243 e. The molecule has 1 fully saturated rings. The minimum atomic E-state index is -3.63. The van der Waals surface area contributed by atoms with E-state index < -0.39 is 10.0 Å². The molecule has 7 nitrogen and oxygen atoms in total. The minimum absolute atomic E-state index is 0.0180. The quantitative estimate of drug-likeness (QED) is 0.736. The molecule has 1 atom stereocenters. The van der Waals surface area contributed by atoms with E-state index in [9.17, 15) is 18.0 Å². The predicted molar refractivity (Wildman–Crippen MR) is 115 cm³/mol. The normalized spacial score (nSPS) is 19.7. The summed E-state index contributed by atoms with van der Waals surface area (Å²) in [7, 11) is -3.63. The van der Waals surface area contributed by atoms with Crippen molar-refractivity contribution in [2.45, 2.75) is 55.9 Å². The molecule has 1 aromatic carbocycles. The van der Waals surface area contributed by atoms with E-state index in [1.807, 2.05) is 13.8 Å². The van der Waals surface area contributed by atoms with Gasteiger partial charge in [-0.15, -0.1) is 11.8 Å². The van der Waals surface area contributed by atoms with Crippen LogP contribution in [0.25, 0.3) is 0 Å². The molecule has 1 saturated heterocycles. The zero-order valence-electron chi connectivity index (χ0n) is 17.2. The van der Waals surface area contributed by atoms with Gasteiger partial charge in [0.2, 0.25) is 21.8 Å². The Morgan fingerprint density at radius 3 is 2.66 bits per heavy atom. The summed E-state index contributed by atoms with van der Waals surface area (Å²) in [6, 6.07) is 4.91. The number of sulfonamides is 1. The molecule has 29 heavy (non-hydrogen) atoms. The van der Waals surface area contributed by atoms with Crippen LogP contribution in [0.3, 0.4) is 0 Å². The van der Waals surface area contributed by atoms with E-state index in [0.717, 1.165) is 24.2 Å². The molecule has 160 valence electrons. The first-order chi connectivity index (χ1) is 13.7. The molecule has 9 heteroatoms. The highest BCUT2D eigenvalue weighted by molar-refractivity contribution is 8.00. The van der Waals surface area contributed by atoms with Gasteiger partial charge in [0.25, 0.3) is 0 Å². The second kappa shape index (κ2) is 9.06. The Labute approximate surface area is 177 Å². The van der Waals surface area contributed by atoms with Gasteiger partial charge in [0.15, 0.2) is 0 Å². The van der Waals surface area contributed by atoms with Gasteiger partial charge in [-0.25, -0.2) is 8.42 Å². The summed E-state index contributed by atoms with van der Waals surface area (Å²) >= 11 is 1.37. The monoisotopic (exact) mass is 439 g/mol. The topological polar surface area (TPSA) is 86.8 Å². The van der Waals surface area contributed by atoms with Crippen LogP contribution in [0.5, 0.6) is 0 Å². The Morgan fingerprint density at radius 2 is 2.00 bits per heavy atom. The number of anilines is 1. The number of carbonyl (C=O) groups is 2. The zero-order chi connectivity index (χ0) is 21.2. The highest BCUT2D eigenvalue weighted by atomic mass is 32.2. The largest absolute Gasteiger partial charge is 0.352 e. The fourth-order valence-electron chi connectivity index (χ4n) is 3.46. The first-order valence-corrected chi connectivity index (χ1v) is 12.5. The highest BCUT2D eigenvalue weighted by Gasteiger charge is 2.32. The summed E-state index contributed by atoms with van der Waals surface area (Å²) < 4.78 is 27.7. The molecule has 0 radical (unpaired) electrons. The van der Waals surface area contributed by atoms with Crippen molar-refractivity contribution < 1.29 is 18.0 Å². The third kappa shape index (κ3) is 4.95. The average molecular weight is 440 g/mol. The maximum atomic E-state index is 13.1. The lowest BCUT2D eigenvalue weighted by Crippen LogP contribution is -2.45. The summed E-state index contributed by atoms with van der Waals surface area (Å²) in [6.45, 7) is 6.92. The van der Waals surface area contributed by atoms with Crippen LogP contribution < -0.4 is 10.2 Å². The van der Waals surface area contributed by atoms with Crippen molar-refractivity contribution in [3.63, 3.8) is 0 Å². The molecule has 0 bridgehead atoms. The van der Waals surface area contributed by atoms with Crippen molar-refractivity contribution in [2.75, 3.05) is 30.3 Å². The molecule has 0 saturated carbocycles. The second-order valence-electron chi connectivity index (χ2n) is 7.86. The van der Waals surface area contributed by atoms with Gasteiger partial charge in [0, 0.05) is 24.0 Å². The number of hydrogen-bond acceptors (Lipinski definition) is 5. The fraction of sp³-hybridized carbons (Fsp3) is 0.600. The van der Waals surface area contributed by atoms with Crippen LogP contribution >= 0.6 is 11.8 Å². The maximum absolute atomic E-state index is 13.1. The van der Waals surface area contributed by atoms with Crippen LogP contribution in [0, 0.1) is 5.92 Å². The summed E-state index contributed by atoms with van der Waals surface area (Å²) in [5, 5.41) is 2.86. The SMILES string of the molecule is CCC(C)NC(=O)CN1C(=O)CSc2ccc(S(=O)(=O)N3CCC(C)CC3)cc21. The number of benzene rings is 1.